The van der Waals surface area contributed by atoms with E-state index in [9.17, 15) is 4.39 Å². The Bertz CT molecular complexity index is 238. The summed E-state index contributed by atoms with van der Waals surface area (Å²) in [5.41, 5.74) is 11.8. The van der Waals surface area contributed by atoms with E-state index in [1.807, 2.05) is 0 Å². The summed E-state index contributed by atoms with van der Waals surface area (Å²) in [6.07, 6.45) is 0. The van der Waals surface area contributed by atoms with Crippen molar-refractivity contribution < 1.29 is 4.39 Å². The molecule has 0 saturated heterocycles. The molecule has 1 rings (SSSR count). The third-order valence-electron chi connectivity index (χ3n) is 1.54. The van der Waals surface area contributed by atoms with Gasteiger partial charge in [-0.2, -0.15) is 0 Å². The van der Waals surface area contributed by atoms with Crippen LogP contribution in [0.2, 0.25) is 0 Å². The van der Waals surface area contributed by atoms with Crippen molar-refractivity contribution in [2.75, 3.05) is 5.73 Å². The minimum Gasteiger partial charge on any atom is -0.398 e. The number of benzene rings is 1. The van der Waals surface area contributed by atoms with Crippen molar-refractivity contribution in [3.8, 4) is 0 Å². The third kappa shape index (κ3) is 1.49. The van der Waals surface area contributed by atoms with Crippen molar-refractivity contribution in [2.24, 2.45) is 5.73 Å². The van der Waals surface area contributed by atoms with Crippen molar-refractivity contribution in [3.63, 3.8) is 0 Å². The third-order valence-corrected chi connectivity index (χ3v) is 1.54. The van der Waals surface area contributed by atoms with Gasteiger partial charge in [0, 0.05) is 17.3 Å². The van der Waals surface area contributed by atoms with E-state index in [2.05, 4.69) is 0 Å². The lowest BCUT2D eigenvalue weighted by Crippen LogP contribution is -2.10. The van der Waals surface area contributed by atoms with Crippen LogP contribution in [0.4, 0.5) is 10.1 Å². The highest BCUT2D eigenvalue weighted by Crippen LogP contribution is 2.20. The second kappa shape index (κ2) is 2.88. The van der Waals surface area contributed by atoms with Gasteiger partial charge in [0.2, 0.25) is 0 Å². The maximum Gasteiger partial charge on any atom is 0.130 e. The predicted molar refractivity (Wildman–Crippen MR) is 43.4 cm³/mol. The van der Waals surface area contributed by atoms with E-state index in [0.717, 1.165) is 0 Å². The van der Waals surface area contributed by atoms with Crippen LogP contribution in [-0.2, 0) is 0 Å². The van der Waals surface area contributed by atoms with E-state index in [0.29, 0.717) is 11.3 Å². The molecule has 0 spiro atoms. The number of anilines is 1. The minimum absolute atomic E-state index is 0.333. The summed E-state index contributed by atoms with van der Waals surface area (Å²) in [6.45, 7) is 1.70. The van der Waals surface area contributed by atoms with Gasteiger partial charge in [-0.05, 0) is 19.1 Å². The molecule has 0 fully saturated rings. The van der Waals surface area contributed by atoms with Gasteiger partial charge in [-0.1, -0.05) is 6.07 Å². The van der Waals surface area contributed by atoms with Crippen LogP contribution >= 0.6 is 0 Å². The number of nitrogen functional groups attached to an aromatic ring is 1. The average Bonchev–Trinajstić information content (AvgIpc) is 1.85. The molecule has 1 aromatic carbocycles. The van der Waals surface area contributed by atoms with Crippen LogP contribution in [0.3, 0.4) is 0 Å². The quantitative estimate of drug-likeness (QED) is 0.601. The van der Waals surface area contributed by atoms with Gasteiger partial charge in [0.15, 0.2) is 0 Å². The van der Waals surface area contributed by atoms with Gasteiger partial charge >= 0.3 is 0 Å². The maximum absolute atomic E-state index is 12.9. The van der Waals surface area contributed by atoms with Crippen molar-refractivity contribution in [3.05, 3.63) is 29.6 Å². The zero-order valence-corrected chi connectivity index (χ0v) is 6.34. The molecule has 0 aliphatic carbocycles. The molecule has 1 aromatic rings. The summed E-state index contributed by atoms with van der Waals surface area (Å²) in [7, 11) is 0. The largest absolute Gasteiger partial charge is 0.398 e. The molecule has 3 heteroatoms. The first-order valence-corrected chi connectivity index (χ1v) is 3.42. The van der Waals surface area contributed by atoms with Crippen LogP contribution in [0.1, 0.15) is 18.5 Å². The Morgan fingerprint density at radius 1 is 1.45 bits per heavy atom. The monoisotopic (exact) mass is 154 g/mol. The topological polar surface area (TPSA) is 52.0 Å². The number of rotatable bonds is 1. The van der Waals surface area contributed by atoms with Gasteiger partial charge in [-0.3, -0.25) is 0 Å². The Kier molecular flexibility index (Phi) is 2.10. The Morgan fingerprint density at radius 3 is 2.45 bits per heavy atom. The molecule has 11 heavy (non-hydrogen) atoms. The molecule has 0 saturated carbocycles. The Balaban J connectivity index is 3.21. The van der Waals surface area contributed by atoms with Crippen LogP contribution in [0.15, 0.2) is 18.2 Å². The molecule has 0 aliphatic rings. The summed E-state index contributed by atoms with van der Waals surface area (Å²) in [6, 6.07) is 4.21. The molecule has 4 N–H and O–H groups in total. The van der Waals surface area contributed by atoms with E-state index in [4.69, 9.17) is 11.5 Å². The second-order valence-electron chi connectivity index (χ2n) is 2.53. The average molecular weight is 154 g/mol. The summed E-state index contributed by atoms with van der Waals surface area (Å²) in [5.74, 6) is -0.333. The van der Waals surface area contributed by atoms with Crippen LogP contribution < -0.4 is 11.5 Å². The van der Waals surface area contributed by atoms with Gasteiger partial charge in [0.1, 0.15) is 5.82 Å². The molecule has 1 atom stereocenters. The number of nitrogens with two attached hydrogens (primary N) is 2. The van der Waals surface area contributed by atoms with E-state index in [-0.39, 0.29) is 11.9 Å². The van der Waals surface area contributed by atoms with Crippen molar-refractivity contribution in [1.82, 2.24) is 0 Å². The molecule has 0 aliphatic heterocycles. The number of hydrogen-bond donors (Lipinski definition) is 2. The summed E-state index contributed by atoms with van der Waals surface area (Å²) in [4.78, 5) is 0. The van der Waals surface area contributed by atoms with Gasteiger partial charge in [-0.15, -0.1) is 0 Å². The molecule has 0 amide bonds. The lowest BCUT2D eigenvalue weighted by atomic mass is 10.1. The van der Waals surface area contributed by atoms with Gasteiger partial charge in [0.25, 0.3) is 0 Å². The molecule has 0 aromatic heterocycles. The maximum atomic E-state index is 12.9. The van der Waals surface area contributed by atoms with E-state index in [1.165, 1.54) is 6.07 Å². The Morgan fingerprint density at radius 2 is 2.09 bits per heavy atom. The molecule has 0 radical (unpaired) electrons. The molecule has 0 heterocycles. The zero-order valence-electron chi connectivity index (χ0n) is 6.34. The van der Waals surface area contributed by atoms with E-state index >= 15 is 0 Å². The van der Waals surface area contributed by atoms with Gasteiger partial charge in [-0.25, -0.2) is 4.39 Å². The fraction of sp³-hybridized carbons (Fsp3) is 0.250. The number of halogens is 1. The summed E-state index contributed by atoms with van der Waals surface area (Å²) in [5, 5.41) is 0. The molecule has 0 unspecified atom stereocenters. The first-order valence-electron chi connectivity index (χ1n) is 3.42. The molecule has 2 nitrogen and oxygen atoms in total. The minimum atomic E-state index is -0.351. The lowest BCUT2D eigenvalue weighted by Gasteiger charge is -2.09. The molecule has 0 bridgehead atoms. The van der Waals surface area contributed by atoms with E-state index < -0.39 is 0 Å². The highest BCUT2D eigenvalue weighted by molar-refractivity contribution is 5.48. The fourth-order valence-electron chi connectivity index (χ4n) is 1.03. The highest BCUT2D eigenvalue weighted by Gasteiger charge is 2.08. The van der Waals surface area contributed by atoms with Crippen LogP contribution in [0.5, 0.6) is 0 Å². The standard InChI is InChI=1S/C8H11FN2/c1-5(10)8-6(9)3-2-4-7(8)11/h2-5H,10-11H2,1H3/t5-/m1/s1. The smallest absolute Gasteiger partial charge is 0.130 e. The SMILES string of the molecule is C[C@@H](N)c1c(N)cccc1F. The van der Waals surface area contributed by atoms with Gasteiger partial charge < -0.3 is 11.5 Å². The summed E-state index contributed by atoms with van der Waals surface area (Å²) < 4.78 is 12.9. The van der Waals surface area contributed by atoms with Gasteiger partial charge in [0.05, 0.1) is 0 Å². The van der Waals surface area contributed by atoms with Crippen LogP contribution in [-0.4, -0.2) is 0 Å². The Labute approximate surface area is 65.0 Å². The summed E-state index contributed by atoms with van der Waals surface area (Å²) >= 11 is 0. The molecular weight excluding hydrogens is 143 g/mol. The highest BCUT2D eigenvalue weighted by atomic mass is 19.1. The van der Waals surface area contributed by atoms with Crippen molar-refractivity contribution in [1.29, 1.82) is 0 Å². The molecular formula is C8H11FN2. The van der Waals surface area contributed by atoms with Crippen molar-refractivity contribution >= 4 is 5.69 Å². The molecule has 60 valence electrons. The fourth-order valence-corrected chi connectivity index (χ4v) is 1.03. The first-order chi connectivity index (χ1) is 5.13. The van der Waals surface area contributed by atoms with Crippen LogP contribution in [0, 0.1) is 5.82 Å². The van der Waals surface area contributed by atoms with E-state index in [1.54, 1.807) is 19.1 Å². The Hall–Kier alpha value is -1.09. The zero-order chi connectivity index (χ0) is 8.43. The number of hydrogen-bond acceptors (Lipinski definition) is 2. The first kappa shape index (κ1) is 8.01. The van der Waals surface area contributed by atoms with Crippen molar-refractivity contribution in [2.45, 2.75) is 13.0 Å². The normalized spacial score (nSPS) is 13.0. The lowest BCUT2D eigenvalue weighted by molar-refractivity contribution is 0.595. The predicted octanol–water partition coefficient (Wildman–Crippen LogP) is 1.43. The second-order valence-corrected chi connectivity index (χ2v) is 2.53. The van der Waals surface area contributed by atoms with Crippen LogP contribution in [0.25, 0.3) is 0 Å².